The van der Waals surface area contributed by atoms with Gasteiger partial charge in [-0.2, -0.15) is 5.10 Å². The molecule has 0 spiro atoms. The molecule has 0 N–H and O–H groups in total. The first-order valence-corrected chi connectivity index (χ1v) is 3.85. The monoisotopic (exact) mass is 161 g/mol. The highest BCUT2D eigenvalue weighted by atomic mass is 15.3. The number of aryl methyl sites for hydroxylation is 1. The highest BCUT2D eigenvalue weighted by molar-refractivity contribution is 5.78. The third-order valence-corrected chi connectivity index (χ3v) is 1.71. The molecule has 1 aromatic heterocycles. The lowest BCUT2D eigenvalue weighted by molar-refractivity contribution is 0.659. The second kappa shape index (κ2) is 2.81. The van der Waals surface area contributed by atoms with Crippen molar-refractivity contribution < 1.29 is 0 Å². The molecule has 1 radical (unpaired) electrons. The van der Waals surface area contributed by atoms with Gasteiger partial charge < -0.3 is 0 Å². The van der Waals surface area contributed by atoms with Crippen LogP contribution in [0, 0.1) is 0 Å². The Morgan fingerprint density at radius 3 is 3.00 bits per heavy atom. The predicted molar refractivity (Wildman–Crippen MR) is 46.5 cm³/mol. The Morgan fingerprint density at radius 2 is 2.42 bits per heavy atom. The molecule has 0 amide bonds. The molecule has 61 valence electrons. The molecule has 0 aromatic carbocycles. The van der Waals surface area contributed by atoms with Gasteiger partial charge in [-0.3, -0.25) is 4.68 Å². The van der Waals surface area contributed by atoms with Crippen LogP contribution < -0.4 is 5.32 Å². The van der Waals surface area contributed by atoms with Crippen molar-refractivity contribution in [1.82, 2.24) is 15.1 Å². The van der Waals surface area contributed by atoms with E-state index in [4.69, 9.17) is 0 Å². The summed E-state index contributed by atoms with van der Waals surface area (Å²) in [5, 5.41) is 8.03. The van der Waals surface area contributed by atoms with Crippen molar-refractivity contribution >= 4 is 12.0 Å². The fourth-order valence-electron chi connectivity index (χ4n) is 1.05. The lowest BCUT2D eigenvalue weighted by atomic mass is 10.3. The molecule has 0 aliphatic carbocycles. The first-order valence-electron chi connectivity index (χ1n) is 3.85. The van der Waals surface area contributed by atoms with E-state index in [-0.39, 0.29) is 0 Å². The third kappa shape index (κ3) is 1.11. The topological polar surface area (TPSA) is 44.3 Å². The van der Waals surface area contributed by atoms with Gasteiger partial charge in [0.2, 0.25) is 0 Å². The first-order chi connectivity index (χ1) is 5.90. The standard InChI is InChI=1S/C8H9N4/c1-2-12-5-7(3-11-12)8-4-9-6-10-8/h3-6H,2H2,1H3. The van der Waals surface area contributed by atoms with Gasteiger partial charge in [0.25, 0.3) is 0 Å². The van der Waals surface area contributed by atoms with E-state index < -0.39 is 0 Å². The molecule has 0 saturated carbocycles. The van der Waals surface area contributed by atoms with Crippen LogP contribution in [0.1, 0.15) is 12.5 Å². The van der Waals surface area contributed by atoms with Crippen molar-refractivity contribution in [2.24, 2.45) is 4.99 Å². The van der Waals surface area contributed by atoms with Crippen LogP contribution >= 0.6 is 0 Å². The van der Waals surface area contributed by atoms with Crippen LogP contribution in [0.25, 0.3) is 5.70 Å². The quantitative estimate of drug-likeness (QED) is 0.634. The van der Waals surface area contributed by atoms with Crippen LogP contribution in [0.3, 0.4) is 0 Å². The molecule has 1 aliphatic heterocycles. The molecular formula is C8H9N4. The van der Waals surface area contributed by atoms with Gasteiger partial charge in [-0.25, -0.2) is 10.3 Å². The molecule has 1 aromatic rings. The van der Waals surface area contributed by atoms with E-state index in [1.54, 1.807) is 18.7 Å². The van der Waals surface area contributed by atoms with E-state index in [0.29, 0.717) is 0 Å². The number of aromatic nitrogens is 2. The molecule has 4 nitrogen and oxygen atoms in total. The number of rotatable bonds is 2. The van der Waals surface area contributed by atoms with Gasteiger partial charge in [0.05, 0.1) is 18.1 Å². The average molecular weight is 161 g/mol. The van der Waals surface area contributed by atoms with E-state index in [1.807, 2.05) is 17.8 Å². The minimum atomic E-state index is 0.883. The van der Waals surface area contributed by atoms with Crippen LogP contribution in [-0.4, -0.2) is 16.1 Å². The predicted octanol–water partition coefficient (Wildman–Crippen LogP) is 0.848. The zero-order valence-corrected chi connectivity index (χ0v) is 6.81. The Balaban J connectivity index is 2.28. The van der Waals surface area contributed by atoms with Gasteiger partial charge >= 0.3 is 0 Å². The molecule has 2 rings (SSSR count). The van der Waals surface area contributed by atoms with Crippen molar-refractivity contribution in [1.29, 1.82) is 0 Å². The summed E-state index contributed by atoms with van der Waals surface area (Å²) in [6, 6.07) is 0. The van der Waals surface area contributed by atoms with Gasteiger partial charge in [0.1, 0.15) is 6.34 Å². The fraction of sp³-hybridized carbons (Fsp3) is 0.250. The number of nitrogens with zero attached hydrogens (tertiary/aromatic N) is 4. The number of aliphatic imine (C=N–C) groups is 1. The van der Waals surface area contributed by atoms with Crippen LogP contribution in [0.4, 0.5) is 0 Å². The van der Waals surface area contributed by atoms with Gasteiger partial charge in [-0.15, -0.1) is 0 Å². The molecule has 0 saturated heterocycles. The molecule has 0 bridgehead atoms. The van der Waals surface area contributed by atoms with Crippen molar-refractivity contribution in [2.75, 3.05) is 0 Å². The summed E-state index contributed by atoms with van der Waals surface area (Å²) >= 11 is 0. The van der Waals surface area contributed by atoms with E-state index in [0.717, 1.165) is 17.8 Å². The Kier molecular flexibility index (Phi) is 1.66. The minimum absolute atomic E-state index is 0.883. The highest BCUT2D eigenvalue weighted by Crippen LogP contribution is 2.15. The summed E-state index contributed by atoms with van der Waals surface area (Å²) in [4.78, 5) is 4.07. The summed E-state index contributed by atoms with van der Waals surface area (Å²) in [6.07, 6.45) is 7.03. The third-order valence-electron chi connectivity index (χ3n) is 1.71. The lowest BCUT2D eigenvalue weighted by Gasteiger charge is -1.91. The molecule has 0 atom stereocenters. The molecule has 4 heteroatoms. The molecule has 1 aliphatic rings. The minimum Gasteiger partial charge on any atom is -0.272 e. The second-order valence-corrected chi connectivity index (χ2v) is 2.49. The fourth-order valence-corrected chi connectivity index (χ4v) is 1.05. The first kappa shape index (κ1) is 7.09. The van der Waals surface area contributed by atoms with E-state index >= 15 is 0 Å². The molecule has 2 heterocycles. The van der Waals surface area contributed by atoms with Crippen LogP contribution in [-0.2, 0) is 6.54 Å². The van der Waals surface area contributed by atoms with Gasteiger partial charge in [0.15, 0.2) is 0 Å². The maximum atomic E-state index is 4.14. The van der Waals surface area contributed by atoms with Gasteiger partial charge in [-0.1, -0.05) is 0 Å². The Bertz CT molecular complexity index is 335. The van der Waals surface area contributed by atoms with E-state index in [9.17, 15) is 0 Å². The van der Waals surface area contributed by atoms with Crippen LogP contribution in [0.5, 0.6) is 0 Å². The number of hydrogen-bond donors (Lipinski definition) is 0. The summed E-state index contributed by atoms with van der Waals surface area (Å²) in [7, 11) is 0. The van der Waals surface area contributed by atoms with Gasteiger partial charge in [-0.05, 0) is 6.92 Å². The largest absolute Gasteiger partial charge is 0.272 e. The van der Waals surface area contributed by atoms with E-state index in [1.165, 1.54) is 0 Å². The highest BCUT2D eigenvalue weighted by Gasteiger charge is 2.05. The van der Waals surface area contributed by atoms with Crippen molar-refractivity contribution in [3.05, 3.63) is 24.2 Å². The zero-order chi connectivity index (χ0) is 8.39. The van der Waals surface area contributed by atoms with Crippen molar-refractivity contribution in [3.8, 4) is 0 Å². The SMILES string of the molecule is CCn1cc(C2=C[N]C=N2)cn1. The van der Waals surface area contributed by atoms with Gasteiger partial charge in [0, 0.05) is 18.3 Å². The summed E-state index contributed by atoms with van der Waals surface area (Å²) < 4.78 is 1.87. The number of hydrogen-bond acceptors (Lipinski definition) is 2. The zero-order valence-electron chi connectivity index (χ0n) is 6.81. The maximum absolute atomic E-state index is 4.14. The second-order valence-electron chi connectivity index (χ2n) is 2.49. The summed E-state index contributed by atoms with van der Waals surface area (Å²) in [5.41, 5.74) is 1.91. The van der Waals surface area contributed by atoms with Crippen molar-refractivity contribution in [3.63, 3.8) is 0 Å². The Labute approximate surface area is 70.6 Å². The normalized spacial score (nSPS) is 14.6. The molecule has 12 heavy (non-hydrogen) atoms. The molecule has 0 fully saturated rings. The average Bonchev–Trinajstić information content (AvgIpc) is 2.75. The van der Waals surface area contributed by atoms with Crippen molar-refractivity contribution in [2.45, 2.75) is 13.5 Å². The van der Waals surface area contributed by atoms with Crippen LogP contribution in [0.15, 0.2) is 23.6 Å². The summed E-state index contributed by atoms with van der Waals surface area (Å²) in [5.74, 6) is 0. The molecule has 0 unspecified atom stereocenters. The smallest absolute Gasteiger partial charge is 0.116 e. The molecular weight excluding hydrogens is 152 g/mol. The van der Waals surface area contributed by atoms with Crippen LogP contribution in [0.2, 0.25) is 0 Å². The van der Waals surface area contributed by atoms with E-state index in [2.05, 4.69) is 15.4 Å². The summed E-state index contributed by atoms with van der Waals surface area (Å²) in [6.45, 7) is 2.93. The Hall–Kier alpha value is -1.58. The lowest BCUT2D eigenvalue weighted by Crippen LogP contribution is -1.92. The maximum Gasteiger partial charge on any atom is 0.116 e. The Morgan fingerprint density at radius 1 is 1.50 bits per heavy atom.